The largest absolute Gasteiger partial charge is 0.488 e. The van der Waals surface area contributed by atoms with Crippen molar-refractivity contribution in [1.82, 2.24) is 4.57 Å². The van der Waals surface area contributed by atoms with Gasteiger partial charge in [-0.2, -0.15) is 5.26 Å². The Morgan fingerprint density at radius 1 is 1.26 bits per heavy atom. The summed E-state index contributed by atoms with van der Waals surface area (Å²) in [4.78, 5) is 12.1. The summed E-state index contributed by atoms with van der Waals surface area (Å²) in [6.45, 7) is 5.18. The standard InChI is InChI=1S/C28H31N3O4.H2/c1-3-18(2)34-28(32)30-20-9-7-19(8-10-20)27-25(16-29)24-12-11-22(35-23-13-14-33-17-23)15-26(24)31(27)21-5-4-6-21;/h7-12,15,18,21,23H,3-6,13-14,17H2,1-2H3,(H,30,32);1H. The lowest BCUT2D eigenvalue weighted by molar-refractivity contribution is 0.118. The summed E-state index contributed by atoms with van der Waals surface area (Å²) in [6, 6.07) is 16.4. The van der Waals surface area contributed by atoms with E-state index in [2.05, 4.69) is 22.0 Å². The predicted molar refractivity (Wildman–Crippen MR) is 137 cm³/mol. The SMILES string of the molecule is CCC(C)OC(=O)Nc1ccc(-c2c(C#N)c3ccc(OC4CCOC4)cc3n2C2CCC2)cc1.[HH]. The van der Waals surface area contributed by atoms with E-state index in [1.165, 1.54) is 6.42 Å². The van der Waals surface area contributed by atoms with Gasteiger partial charge in [-0.1, -0.05) is 19.1 Å². The van der Waals surface area contributed by atoms with Crippen molar-refractivity contribution in [3.8, 4) is 23.1 Å². The van der Waals surface area contributed by atoms with E-state index in [1.54, 1.807) is 0 Å². The highest BCUT2D eigenvalue weighted by atomic mass is 16.6. The first kappa shape index (κ1) is 23.3. The minimum absolute atomic E-state index is 0. The molecule has 2 unspecified atom stereocenters. The number of anilines is 1. The third kappa shape index (κ3) is 4.71. The highest BCUT2D eigenvalue weighted by molar-refractivity contribution is 5.96. The molecule has 3 aromatic rings. The number of hydrogen-bond donors (Lipinski definition) is 1. The summed E-state index contributed by atoms with van der Waals surface area (Å²) in [5.41, 5.74) is 4.21. The summed E-state index contributed by atoms with van der Waals surface area (Å²) in [6.07, 6.45) is 4.48. The van der Waals surface area contributed by atoms with Gasteiger partial charge in [-0.25, -0.2) is 4.79 Å². The van der Waals surface area contributed by atoms with E-state index in [4.69, 9.17) is 14.2 Å². The van der Waals surface area contributed by atoms with Gasteiger partial charge in [0.1, 0.15) is 24.0 Å². The highest BCUT2D eigenvalue weighted by Crippen LogP contribution is 2.43. The predicted octanol–water partition coefficient (Wildman–Crippen LogP) is 6.67. The number of carbonyl (C=O) groups is 1. The third-order valence-corrected chi connectivity index (χ3v) is 7.01. The average Bonchev–Trinajstić information content (AvgIpc) is 3.44. The van der Waals surface area contributed by atoms with Crippen LogP contribution in [0.1, 0.15) is 59.0 Å². The van der Waals surface area contributed by atoms with Gasteiger partial charge in [0.05, 0.1) is 30.0 Å². The summed E-state index contributed by atoms with van der Waals surface area (Å²) >= 11 is 0. The Morgan fingerprint density at radius 3 is 2.69 bits per heavy atom. The summed E-state index contributed by atoms with van der Waals surface area (Å²) in [5.74, 6) is 0.807. The van der Waals surface area contributed by atoms with E-state index < -0.39 is 6.09 Å². The first-order chi connectivity index (χ1) is 17.1. The van der Waals surface area contributed by atoms with Crippen LogP contribution in [-0.2, 0) is 9.47 Å². The normalized spacial score (nSPS) is 18.6. The van der Waals surface area contributed by atoms with Crippen LogP contribution in [0, 0.1) is 11.3 Å². The number of hydrogen-bond acceptors (Lipinski definition) is 5. The van der Waals surface area contributed by atoms with Gasteiger partial charge < -0.3 is 18.8 Å². The second kappa shape index (κ2) is 10.0. The maximum atomic E-state index is 12.1. The molecule has 0 spiro atoms. The zero-order chi connectivity index (χ0) is 24.4. The molecule has 184 valence electrons. The van der Waals surface area contributed by atoms with Crippen molar-refractivity contribution in [2.45, 2.75) is 64.2 Å². The number of fused-ring (bicyclic) bond motifs is 1. The second-order valence-corrected chi connectivity index (χ2v) is 9.40. The van der Waals surface area contributed by atoms with Crippen LogP contribution >= 0.6 is 0 Å². The molecule has 1 N–H and O–H groups in total. The second-order valence-electron chi connectivity index (χ2n) is 9.40. The Kier molecular flexibility index (Phi) is 6.65. The van der Waals surface area contributed by atoms with Gasteiger partial charge in [-0.3, -0.25) is 5.32 Å². The van der Waals surface area contributed by atoms with Crippen molar-refractivity contribution in [2.75, 3.05) is 18.5 Å². The number of ether oxygens (including phenoxy) is 3. The molecule has 2 aliphatic rings. The molecule has 0 bridgehead atoms. The van der Waals surface area contributed by atoms with Crippen LogP contribution < -0.4 is 10.1 Å². The molecule has 0 radical (unpaired) electrons. The highest BCUT2D eigenvalue weighted by Gasteiger charge is 2.28. The molecule has 5 rings (SSSR count). The molecule has 1 amide bonds. The fraction of sp³-hybridized carbons (Fsp3) is 0.429. The van der Waals surface area contributed by atoms with Crippen LogP contribution in [0.2, 0.25) is 0 Å². The number of carbonyl (C=O) groups excluding carboxylic acids is 1. The van der Waals surface area contributed by atoms with Gasteiger partial charge in [-0.15, -0.1) is 0 Å². The molecule has 35 heavy (non-hydrogen) atoms. The molecule has 2 heterocycles. The molecule has 2 aromatic carbocycles. The van der Waals surface area contributed by atoms with Crippen molar-refractivity contribution in [2.24, 2.45) is 0 Å². The Hall–Kier alpha value is -3.50. The van der Waals surface area contributed by atoms with Crippen LogP contribution in [0.5, 0.6) is 5.75 Å². The lowest BCUT2D eigenvalue weighted by atomic mass is 9.92. The van der Waals surface area contributed by atoms with Crippen molar-refractivity contribution in [3.05, 3.63) is 48.0 Å². The Morgan fingerprint density at radius 2 is 2.06 bits per heavy atom. The van der Waals surface area contributed by atoms with E-state index in [9.17, 15) is 10.1 Å². The molecule has 1 aromatic heterocycles. The average molecular weight is 476 g/mol. The maximum absolute atomic E-state index is 12.1. The van der Waals surface area contributed by atoms with Crippen LogP contribution in [0.25, 0.3) is 22.2 Å². The number of nitrogens with zero attached hydrogens (tertiary/aromatic N) is 2. The molecule has 7 nitrogen and oxygen atoms in total. The Bertz CT molecular complexity index is 1250. The number of aromatic nitrogens is 1. The molecular weight excluding hydrogens is 442 g/mol. The molecule has 2 fully saturated rings. The lowest BCUT2D eigenvalue weighted by Crippen LogP contribution is -2.19. The molecule has 1 saturated heterocycles. The fourth-order valence-corrected chi connectivity index (χ4v) is 4.71. The van der Waals surface area contributed by atoms with Crippen LogP contribution in [-0.4, -0.2) is 36.1 Å². The van der Waals surface area contributed by atoms with Gasteiger partial charge in [0.25, 0.3) is 0 Å². The van der Waals surface area contributed by atoms with E-state index in [0.717, 1.165) is 60.2 Å². The van der Waals surface area contributed by atoms with E-state index in [-0.39, 0.29) is 13.6 Å². The summed E-state index contributed by atoms with van der Waals surface area (Å²) < 4.78 is 19.3. The number of amides is 1. The zero-order valence-corrected chi connectivity index (χ0v) is 20.3. The lowest BCUT2D eigenvalue weighted by Gasteiger charge is -2.30. The van der Waals surface area contributed by atoms with E-state index in [0.29, 0.717) is 23.9 Å². The van der Waals surface area contributed by atoms with Crippen molar-refractivity contribution in [3.63, 3.8) is 0 Å². The fourth-order valence-electron chi connectivity index (χ4n) is 4.71. The molecular formula is C28H33N3O4. The van der Waals surface area contributed by atoms with E-state index in [1.807, 2.05) is 50.2 Å². The minimum Gasteiger partial charge on any atom is -0.488 e. The Balaban J connectivity index is 0.00000304. The smallest absolute Gasteiger partial charge is 0.411 e. The third-order valence-electron chi connectivity index (χ3n) is 7.01. The topological polar surface area (TPSA) is 85.5 Å². The zero-order valence-electron chi connectivity index (χ0n) is 20.3. The molecule has 1 aliphatic heterocycles. The summed E-state index contributed by atoms with van der Waals surface area (Å²) in [5, 5.41) is 13.9. The van der Waals surface area contributed by atoms with Gasteiger partial charge in [0, 0.05) is 31.0 Å². The molecule has 7 heteroatoms. The number of rotatable bonds is 7. The van der Waals surface area contributed by atoms with Crippen molar-refractivity contribution in [1.29, 1.82) is 5.26 Å². The van der Waals surface area contributed by atoms with Gasteiger partial charge in [0.2, 0.25) is 0 Å². The molecule has 1 aliphatic carbocycles. The maximum Gasteiger partial charge on any atom is 0.411 e. The van der Waals surface area contributed by atoms with Gasteiger partial charge >= 0.3 is 6.09 Å². The number of nitrogens with one attached hydrogen (secondary N) is 1. The van der Waals surface area contributed by atoms with Crippen molar-refractivity contribution >= 4 is 22.7 Å². The van der Waals surface area contributed by atoms with Crippen LogP contribution in [0.15, 0.2) is 42.5 Å². The van der Waals surface area contributed by atoms with Gasteiger partial charge in [0.15, 0.2) is 0 Å². The first-order valence-corrected chi connectivity index (χ1v) is 12.5. The number of nitriles is 1. The minimum atomic E-state index is -0.464. The number of benzene rings is 2. The van der Waals surface area contributed by atoms with E-state index >= 15 is 0 Å². The summed E-state index contributed by atoms with van der Waals surface area (Å²) in [7, 11) is 0. The first-order valence-electron chi connectivity index (χ1n) is 12.5. The molecule has 1 saturated carbocycles. The molecule has 2 atom stereocenters. The van der Waals surface area contributed by atoms with Gasteiger partial charge in [-0.05, 0) is 62.4 Å². The monoisotopic (exact) mass is 475 g/mol. The Labute approximate surface area is 207 Å². The van der Waals surface area contributed by atoms with Crippen LogP contribution in [0.3, 0.4) is 0 Å². The van der Waals surface area contributed by atoms with Crippen LogP contribution in [0.4, 0.5) is 10.5 Å². The van der Waals surface area contributed by atoms with Crippen molar-refractivity contribution < 1.29 is 20.4 Å². The quantitative estimate of drug-likeness (QED) is 0.413.